The van der Waals surface area contributed by atoms with E-state index in [0.29, 0.717) is 13.0 Å². The SMILES string of the molecule is C=CCOc1cc(Br)ccc1CC=NO. The second kappa shape index (κ2) is 6.24. The third-order valence-corrected chi connectivity index (χ3v) is 2.27. The molecule has 0 fully saturated rings. The van der Waals surface area contributed by atoms with Crippen molar-refractivity contribution in [2.45, 2.75) is 6.42 Å². The molecule has 80 valence electrons. The molecule has 0 saturated carbocycles. The number of halogens is 1. The van der Waals surface area contributed by atoms with Crippen LogP contribution in [-0.4, -0.2) is 18.0 Å². The molecule has 1 aromatic carbocycles. The van der Waals surface area contributed by atoms with Crippen molar-refractivity contribution in [2.24, 2.45) is 5.16 Å². The van der Waals surface area contributed by atoms with E-state index in [9.17, 15) is 0 Å². The van der Waals surface area contributed by atoms with Crippen LogP contribution in [0.4, 0.5) is 0 Å². The molecule has 0 unspecified atom stereocenters. The van der Waals surface area contributed by atoms with Crippen LogP contribution in [0, 0.1) is 0 Å². The van der Waals surface area contributed by atoms with Gasteiger partial charge in [-0.3, -0.25) is 0 Å². The molecule has 0 heterocycles. The van der Waals surface area contributed by atoms with Gasteiger partial charge in [0.1, 0.15) is 12.4 Å². The van der Waals surface area contributed by atoms with Crippen molar-refractivity contribution < 1.29 is 9.94 Å². The summed E-state index contributed by atoms with van der Waals surface area (Å²) in [6.07, 6.45) is 3.64. The van der Waals surface area contributed by atoms with Gasteiger partial charge in [0.05, 0.1) is 0 Å². The van der Waals surface area contributed by atoms with Crippen LogP contribution in [0.1, 0.15) is 5.56 Å². The smallest absolute Gasteiger partial charge is 0.124 e. The van der Waals surface area contributed by atoms with Crippen LogP contribution in [0.25, 0.3) is 0 Å². The van der Waals surface area contributed by atoms with Crippen molar-refractivity contribution in [3.05, 3.63) is 40.9 Å². The first-order valence-electron chi connectivity index (χ1n) is 4.46. The average molecular weight is 270 g/mol. The Balaban J connectivity index is 2.86. The van der Waals surface area contributed by atoms with Gasteiger partial charge in [-0.15, -0.1) is 5.16 Å². The Morgan fingerprint density at radius 1 is 1.53 bits per heavy atom. The Kier molecular flexibility index (Phi) is 4.90. The van der Waals surface area contributed by atoms with Crippen molar-refractivity contribution >= 4 is 22.1 Å². The van der Waals surface area contributed by atoms with Crippen LogP contribution in [0.2, 0.25) is 0 Å². The lowest BCUT2D eigenvalue weighted by Crippen LogP contribution is -1.98. The summed E-state index contributed by atoms with van der Waals surface area (Å²) < 4.78 is 6.42. The van der Waals surface area contributed by atoms with E-state index < -0.39 is 0 Å². The molecule has 1 N–H and O–H groups in total. The molecule has 1 aromatic rings. The molecule has 0 aromatic heterocycles. The summed E-state index contributed by atoms with van der Waals surface area (Å²) >= 11 is 3.37. The fraction of sp³-hybridized carbons (Fsp3) is 0.182. The number of nitrogens with zero attached hydrogens (tertiary/aromatic N) is 1. The summed E-state index contributed by atoms with van der Waals surface area (Å²) in [5.41, 5.74) is 0.970. The molecule has 4 heteroatoms. The van der Waals surface area contributed by atoms with Gasteiger partial charge in [-0.2, -0.15) is 0 Å². The molecule has 0 atom stereocenters. The summed E-state index contributed by atoms with van der Waals surface area (Å²) in [7, 11) is 0. The second-order valence-corrected chi connectivity index (χ2v) is 3.77. The molecular formula is C11H12BrNO2. The van der Waals surface area contributed by atoms with Crippen LogP contribution < -0.4 is 4.74 Å². The Labute approximate surface area is 97.2 Å². The highest BCUT2D eigenvalue weighted by atomic mass is 79.9. The maximum absolute atomic E-state index is 8.35. The van der Waals surface area contributed by atoms with E-state index in [1.807, 2.05) is 18.2 Å². The van der Waals surface area contributed by atoms with Gasteiger partial charge in [0, 0.05) is 17.1 Å². The summed E-state index contributed by atoms with van der Waals surface area (Å²) in [5, 5.41) is 11.3. The molecule has 0 aliphatic heterocycles. The Hall–Kier alpha value is -1.29. The fourth-order valence-corrected chi connectivity index (χ4v) is 1.46. The molecule has 1 rings (SSSR count). The highest BCUT2D eigenvalue weighted by Gasteiger charge is 2.02. The Bertz CT molecular complexity index is 364. The predicted molar refractivity (Wildman–Crippen MR) is 63.8 cm³/mol. The van der Waals surface area contributed by atoms with E-state index in [2.05, 4.69) is 27.7 Å². The fourth-order valence-electron chi connectivity index (χ4n) is 1.12. The van der Waals surface area contributed by atoms with Gasteiger partial charge in [0.25, 0.3) is 0 Å². The molecule has 0 spiro atoms. The minimum Gasteiger partial charge on any atom is -0.489 e. The number of ether oxygens (including phenoxy) is 1. The third kappa shape index (κ3) is 3.75. The molecular weight excluding hydrogens is 258 g/mol. The lowest BCUT2D eigenvalue weighted by molar-refractivity contribution is 0.320. The van der Waals surface area contributed by atoms with Gasteiger partial charge < -0.3 is 9.94 Å². The zero-order valence-electron chi connectivity index (χ0n) is 8.19. The second-order valence-electron chi connectivity index (χ2n) is 2.85. The van der Waals surface area contributed by atoms with Gasteiger partial charge in [-0.05, 0) is 17.7 Å². The summed E-state index contributed by atoms with van der Waals surface area (Å²) in [6, 6.07) is 5.72. The van der Waals surface area contributed by atoms with E-state index in [1.54, 1.807) is 6.08 Å². The van der Waals surface area contributed by atoms with Crippen molar-refractivity contribution in [3.8, 4) is 5.75 Å². The summed E-state index contributed by atoms with van der Waals surface area (Å²) in [6.45, 7) is 4.05. The van der Waals surface area contributed by atoms with E-state index in [4.69, 9.17) is 9.94 Å². The molecule has 0 aliphatic carbocycles. The zero-order valence-corrected chi connectivity index (χ0v) is 9.77. The quantitative estimate of drug-likeness (QED) is 0.387. The number of rotatable bonds is 5. The molecule has 15 heavy (non-hydrogen) atoms. The van der Waals surface area contributed by atoms with Crippen LogP contribution in [0.5, 0.6) is 5.75 Å². The number of hydrogen-bond acceptors (Lipinski definition) is 3. The van der Waals surface area contributed by atoms with Crippen molar-refractivity contribution in [1.82, 2.24) is 0 Å². The molecule has 0 radical (unpaired) electrons. The molecule has 0 saturated heterocycles. The highest BCUT2D eigenvalue weighted by molar-refractivity contribution is 9.10. The Morgan fingerprint density at radius 2 is 2.33 bits per heavy atom. The maximum Gasteiger partial charge on any atom is 0.124 e. The lowest BCUT2D eigenvalue weighted by atomic mass is 10.1. The summed E-state index contributed by atoms with van der Waals surface area (Å²) in [5.74, 6) is 0.768. The van der Waals surface area contributed by atoms with E-state index in [0.717, 1.165) is 15.8 Å². The molecule has 0 aliphatic rings. The molecule has 0 amide bonds. The number of oxime groups is 1. The van der Waals surface area contributed by atoms with Gasteiger partial charge in [-0.25, -0.2) is 0 Å². The first-order valence-corrected chi connectivity index (χ1v) is 5.25. The first kappa shape index (κ1) is 11.8. The normalized spacial score (nSPS) is 10.5. The van der Waals surface area contributed by atoms with E-state index in [-0.39, 0.29) is 0 Å². The van der Waals surface area contributed by atoms with Gasteiger partial charge in [0.2, 0.25) is 0 Å². The predicted octanol–water partition coefficient (Wildman–Crippen LogP) is 3.02. The Morgan fingerprint density at radius 3 is 3.00 bits per heavy atom. The van der Waals surface area contributed by atoms with Crippen molar-refractivity contribution in [3.63, 3.8) is 0 Å². The largest absolute Gasteiger partial charge is 0.489 e. The van der Waals surface area contributed by atoms with Gasteiger partial charge in [-0.1, -0.05) is 34.7 Å². The van der Waals surface area contributed by atoms with Gasteiger partial charge >= 0.3 is 0 Å². The monoisotopic (exact) mass is 269 g/mol. The third-order valence-electron chi connectivity index (χ3n) is 1.78. The van der Waals surface area contributed by atoms with Crippen LogP contribution in [0.3, 0.4) is 0 Å². The highest BCUT2D eigenvalue weighted by Crippen LogP contribution is 2.23. The van der Waals surface area contributed by atoms with Gasteiger partial charge in [0.15, 0.2) is 0 Å². The standard InChI is InChI=1S/C11H12BrNO2/c1-2-7-15-11-8-10(12)4-3-9(11)5-6-13-14/h2-4,6,8,14H,1,5,7H2. The minimum atomic E-state index is 0.458. The number of benzene rings is 1. The molecule has 0 bridgehead atoms. The first-order chi connectivity index (χ1) is 7.27. The maximum atomic E-state index is 8.35. The zero-order chi connectivity index (χ0) is 11.1. The average Bonchev–Trinajstić information content (AvgIpc) is 2.25. The van der Waals surface area contributed by atoms with Crippen LogP contribution in [-0.2, 0) is 6.42 Å². The minimum absolute atomic E-state index is 0.458. The lowest BCUT2D eigenvalue weighted by Gasteiger charge is -2.08. The summed E-state index contributed by atoms with van der Waals surface area (Å²) in [4.78, 5) is 0. The number of hydrogen-bond donors (Lipinski definition) is 1. The van der Waals surface area contributed by atoms with Crippen molar-refractivity contribution in [2.75, 3.05) is 6.61 Å². The van der Waals surface area contributed by atoms with Crippen LogP contribution in [0.15, 0.2) is 40.5 Å². The molecule has 3 nitrogen and oxygen atoms in total. The van der Waals surface area contributed by atoms with E-state index in [1.165, 1.54) is 6.21 Å². The topological polar surface area (TPSA) is 41.8 Å². The van der Waals surface area contributed by atoms with E-state index >= 15 is 0 Å². The van der Waals surface area contributed by atoms with Crippen molar-refractivity contribution in [1.29, 1.82) is 0 Å². The van der Waals surface area contributed by atoms with Crippen LogP contribution >= 0.6 is 15.9 Å².